The van der Waals surface area contributed by atoms with Crippen molar-refractivity contribution in [3.63, 3.8) is 0 Å². The van der Waals surface area contributed by atoms with Crippen LogP contribution in [0.15, 0.2) is 0 Å². The normalized spacial score (nSPS) is 30.3. The van der Waals surface area contributed by atoms with Gasteiger partial charge in [0.05, 0.1) is 13.0 Å². The first-order chi connectivity index (χ1) is 6.54. The van der Waals surface area contributed by atoms with E-state index in [0.29, 0.717) is 6.04 Å². The van der Waals surface area contributed by atoms with Crippen LogP contribution in [0.4, 0.5) is 0 Å². The Labute approximate surface area is 86.2 Å². The Hall–Kier alpha value is -0.570. The minimum Gasteiger partial charge on any atom is -0.469 e. The summed E-state index contributed by atoms with van der Waals surface area (Å²) in [4.78, 5) is 11.2. The van der Waals surface area contributed by atoms with E-state index in [4.69, 9.17) is 4.74 Å². The zero-order valence-corrected chi connectivity index (χ0v) is 9.54. The molecule has 3 heteroatoms. The van der Waals surface area contributed by atoms with Crippen molar-refractivity contribution in [2.24, 2.45) is 11.8 Å². The first-order valence-electron chi connectivity index (χ1n) is 5.38. The number of esters is 1. The van der Waals surface area contributed by atoms with Gasteiger partial charge in [0.1, 0.15) is 0 Å². The molecular weight excluding hydrogens is 178 g/mol. The van der Waals surface area contributed by atoms with Gasteiger partial charge in [0.2, 0.25) is 0 Å². The Morgan fingerprint density at radius 1 is 1.43 bits per heavy atom. The van der Waals surface area contributed by atoms with E-state index in [1.54, 1.807) is 0 Å². The Balaban J connectivity index is 2.27. The first kappa shape index (κ1) is 11.5. The molecule has 1 rings (SSSR count). The van der Waals surface area contributed by atoms with Crippen LogP contribution in [-0.4, -0.2) is 25.2 Å². The molecule has 1 saturated carbocycles. The summed E-state index contributed by atoms with van der Waals surface area (Å²) in [6.07, 6.45) is 2.47. The zero-order valence-electron chi connectivity index (χ0n) is 9.54. The van der Waals surface area contributed by atoms with Crippen molar-refractivity contribution in [3.05, 3.63) is 0 Å². The van der Waals surface area contributed by atoms with Crippen LogP contribution >= 0.6 is 0 Å². The van der Waals surface area contributed by atoms with Crippen molar-refractivity contribution >= 4 is 5.97 Å². The fourth-order valence-electron chi connectivity index (χ4n) is 1.94. The van der Waals surface area contributed by atoms with Crippen molar-refractivity contribution in [3.8, 4) is 0 Å². The molecule has 0 amide bonds. The zero-order chi connectivity index (χ0) is 10.7. The maximum Gasteiger partial charge on any atom is 0.309 e. The molecule has 1 fully saturated rings. The van der Waals surface area contributed by atoms with E-state index < -0.39 is 0 Å². The number of nitrogens with one attached hydrogen (secondary N) is 1. The molecule has 0 aliphatic heterocycles. The average Bonchev–Trinajstić information content (AvgIpc) is 2.12. The number of ether oxygens (including phenoxy) is 1. The van der Waals surface area contributed by atoms with Gasteiger partial charge in [-0.3, -0.25) is 4.79 Å². The van der Waals surface area contributed by atoms with E-state index in [9.17, 15) is 4.79 Å². The van der Waals surface area contributed by atoms with Crippen LogP contribution in [0.5, 0.6) is 0 Å². The molecule has 0 heterocycles. The third kappa shape index (κ3) is 2.71. The summed E-state index contributed by atoms with van der Waals surface area (Å²) in [5.74, 6) is 0.654. The summed E-state index contributed by atoms with van der Waals surface area (Å²) in [6, 6.07) is 0.812. The van der Waals surface area contributed by atoms with Crippen molar-refractivity contribution < 1.29 is 9.53 Å². The van der Waals surface area contributed by atoms with Crippen LogP contribution in [0.3, 0.4) is 0 Å². The summed E-state index contributed by atoms with van der Waals surface area (Å²) < 4.78 is 4.71. The maximum absolute atomic E-state index is 11.2. The van der Waals surface area contributed by atoms with E-state index >= 15 is 0 Å². The molecule has 0 aromatic carbocycles. The standard InChI is InChI=1S/C11H21NO2/c1-7-5-10(6-7)12-9(3)8(2)11(13)14-4/h7-10,12H,5-6H2,1-4H3. The lowest BCUT2D eigenvalue weighted by atomic mass is 9.81. The lowest BCUT2D eigenvalue weighted by Crippen LogP contribution is -2.48. The van der Waals surface area contributed by atoms with Crippen molar-refractivity contribution in [1.29, 1.82) is 0 Å². The molecular formula is C11H21NO2. The van der Waals surface area contributed by atoms with E-state index in [1.807, 2.05) is 13.8 Å². The van der Waals surface area contributed by atoms with Gasteiger partial charge in [-0.2, -0.15) is 0 Å². The van der Waals surface area contributed by atoms with Crippen LogP contribution < -0.4 is 5.32 Å². The molecule has 0 spiro atoms. The van der Waals surface area contributed by atoms with Crippen LogP contribution in [0, 0.1) is 11.8 Å². The molecule has 82 valence electrons. The van der Waals surface area contributed by atoms with E-state index in [-0.39, 0.29) is 17.9 Å². The third-order valence-electron chi connectivity index (χ3n) is 3.20. The molecule has 0 aromatic heterocycles. The van der Waals surface area contributed by atoms with Crippen LogP contribution in [0.2, 0.25) is 0 Å². The maximum atomic E-state index is 11.2. The molecule has 3 nitrogen and oxygen atoms in total. The number of hydrogen-bond acceptors (Lipinski definition) is 3. The van der Waals surface area contributed by atoms with Crippen molar-refractivity contribution in [2.75, 3.05) is 7.11 Å². The lowest BCUT2D eigenvalue weighted by Gasteiger charge is -2.36. The molecule has 1 aliphatic rings. The van der Waals surface area contributed by atoms with Gasteiger partial charge in [0, 0.05) is 12.1 Å². The van der Waals surface area contributed by atoms with Gasteiger partial charge >= 0.3 is 5.97 Å². The number of rotatable bonds is 4. The van der Waals surface area contributed by atoms with Gasteiger partial charge in [-0.05, 0) is 25.7 Å². The van der Waals surface area contributed by atoms with Gasteiger partial charge in [-0.1, -0.05) is 13.8 Å². The van der Waals surface area contributed by atoms with Gasteiger partial charge in [-0.15, -0.1) is 0 Å². The summed E-state index contributed by atoms with van der Waals surface area (Å²) in [7, 11) is 1.44. The topological polar surface area (TPSA) is 38.3 Å². The lowest BCUT2D eigenvalue weighted by molar-refractivity contribution is -0.145. The molecule has 0 radical (unpaired) electrons. The smallest absolute Gasteiger partial charge is 0.309 e. The number of carbonyl (C=O) groups excluding carboxylic acids is 1. The monoisotopic (exact) mass is 199 g/mol. The van der Waals surface area contributed by atoms with Gasteiger partial charge in [0.25, 0.3) is 0 Å². The third-order valence-corrected chi connectivity index (χ3v) is 3.20. The molecule has 1 N–H and O–H groups in total. The second-order valence-corrected chi connectivity index (χ2v) is 4.54. The predicted molar refractivity (Wildman–Crippen MR) is 56.0 cm³/mol. The molecule has 2 atom stereocenters. The van der Waals surface area contributed by atoms with Gasteiger partial charge < -0.3 is 10.1 Å². The quantitative estimate of drug-likeness (QED) is 0.698. The largest absolute Gasteiger partial charge is 0.469 e. The Kier molecular flexibility index (Phi) is 3.93. The SMILES string of the molecule is COC(=O)C(C)C(C)NC1CC(C)C1. The highest BCUT2D eigenvalue weighted by Gasteiger charge is 2.29. The van der Waals surface area contributed by atoms with Crippen LogP contribution in [0.1, 0.15) is 33.6 Å². The average molecular weight is 199 g/mol. The number of carbonyl (C=O) groups is 1. The second kappa shape index (κ2) is 4.78. The highest BCUT2D eigenvalue weighted by atomic mass is 16.5. The summed E-state index contributed by atoms with van der Waals surface area (Å²) >= 11 is 0. The summed E-state index contributed by atoms with van der Waals surface area (Å²) in [5.41, 5.74) is 0. The van der Waals surface area contributed by atoms with Crippen molar-refractivity contribution in [1.82, 2.24) is 5.32 Å². The van der Waals surface area contributed by atoms with E-state index in [2.05, 4.69) is 12.2 Å². The fraction of sp³-hybridized carbons (Fsp3) is 0.909. The molecule has 0 saturated heterocycles. The van der Waals surface area contributed by atoms with E-state index in [0.717, 1.165) is 5.92 Å². The Morgan fingerprint density at radius 3 is 2.43 bits per heavy atom. The van der Waals surface area contributed by atoms with Crippen molar-refractivity contribution in [2.45, 2.75) is 45.7 Å². The first-order valence-corrected chi connectivity index (χ1v) is 5.38. The summed E-state index contributed by atoms with van der Waals surface area (Å²) in [6.45, 7) is 6.21. The highest BCUT2D eigenvalue weighted by molar-refractivity contribution is 5.72. The molecule has 0 bridgehead atoms. The number of methoxy groups -OCH3 is 1. The minimum atomic E-state index is -0.127. The molecule has 0 aromatic rings. The molecule has 2 unspecified atom stereocenters. The number of hydrogen-bond donors (Lipinski definition) is 1. The van der Waals surface area contributed by atoms with E-state index in [1.165, 1.54) is 20.0 Å². The van der Waals surface area contributed by atoms with Crippen LogP contribution in [0.25, 0.3) is 0 Å². The summed E-state index contributed by atoms with van der Waals surface area (Å²) in [5, 5.41) is 3.46. The fourth-order valence-corrected chi connectivity index (χ4v) is 1.94. The second-order valence-electron chi connectivity index (χ2n) is 4.54. The minimum absolute atomic E-state index is 0.0593. The van der Waals surface area contributed by atoms with Crippen LogP contribution in [-0.2, 0) is 9.53 Å². The predicted octanol–water partition coefficient (Wildman–Crippen LogP) is 1.57. The van der Waals surface area contributed by atoms with Gasteiger partial charge in [-0.25, -0.2) is 0 Å². The highest BCUT2D eigenvalue weighted by Crippen LogP contribution is 2.27. The molecule has 1 aliphatic carbocycles. The Morgan fingerprint density at radius 2 is 2.00 bits per heavy atom. The van der Waals surface area contributed by atoms with Gasteiger partial charge in [0.15, 0.2) is 0 Å². The Bertz CT molecular complexity index is 199. The molecule has 14 heavy (non-hydrogen) atoms.